The van der Waals surface area contributed by atoms with Crippen LogP contribution in [0.15, 0.2) is 65.6 Å². The van der Waals surface area contributed by atoms with Gasteiger partial charge < -0.3 is 10.1 Å². The number of thioether (sulfide) groups is 1. The molecule has 0 saturated carbocycles. The minimum absolute atomic E-state index is 0.0694. The molecule has 0 spiro atoms. The first-order valence-electron chi connectivity index (χ1n) is 10.0. The second-order valence-electron chi connectivity index (χ2n) is 7.40. The van der Waals surface area contributed by atoms with Gasteiger partial charge in [-0.2, -0.15) is 4.31 Å². The molecule has 1 N–H and O–H groups in total. The molecule has 30 heavy (non-hydrogen) atoms. The molecular formula is C22H28N2O4S2. The van der Waals surface area contributed by atoms with E-state index in [9.17, 15) is 13.2 Å². The molecule has 1 saturated heterocycles. The van der Waals surface area contributed by atoms with Crippen molar-refractivity contribution in [2.75, 3.05) is 25.4 Å². The molecule has 2 aromatic carbocycles. The van der Waals surface area contributed by atoms with Gasteiger partial charge in [-0.3, -0.25) is 4.79 Å². The van der Waals surface area contributed by atoms with Gasteiger partial charge in [0.1, 0.15) is 5.25 Å². The van der Waals surface area contributed by atoms with E-state index in [1.165, 1.54) is 16.1 Å². The molecule has 1 aliphatic heterocycles. The van der Waals surface area contributed by atoms with Crippen LogP contribution in [-0.2, 0) is 19.6 Å². The number of sulfonamides is 1. The smallest absolute Gasteiger partial charge is 0.238 e. The minimum Gasteiger partial charge on any atom is -0.373 e. The summed E-state index contributed by atoms with van der Waals surface area (Å²) in [6.07, 6.45) is -0.273. The highest BCUT2D eigenvalue weighted by Crippen LogP contribution is 2.35. The number of carbonyl (C=O) groups is 1. The fourth-order valence-electron chi connectivity index (χ4n) is 3.42. The average molecular weight is 449 g/mol. The molecule has 0 aliphatic carbocycles. The van der Waals surface area contributed by atoms with Crippen molar-refractivity contribution in [1.82, 2.24) is 9.62 Å². The van der Waals surface area contributed by atoms with Crippen LogP contribution in [0.5, 0.6) is 0 Å². The summed E-state index contributed by atoms with van der Waals surface area (Å²) in [6.45, 7) is 4.49. The zero-order chi connectivity index (χ0) is 21.6. The summed E-state index contributed by atoms with van der Waals surface area (Å²) in [6, 6.07) is 19.2. The van der Waals surface area contributed by atoms with Gasteiger partial charge in [0, 0.05) is 24.5 Å². The lowest BCUT2D eigenvalue weighted by molar-refractivity contribution is -0.120. The van der Waals surface area contributed by atoms with Gasteiger partial charge in [0.25, 0.3) is 0 Å². The van der Waals surface area contributed by atoms with Crippen molar-refractivity contribution >= 4 is 27.7 Å². The number of nitrogens with zero attached hydrogens (tertiary/aromatic N) is 1. The topological polar surface area (TPSA) is 75.7 Å². The van der Waals surface area contributed by atoms with Crippen molar-refractivity contribution in [1.29, 1.82) is 0 Å². The van der Waals surface area contributed by atoms with Gasteiger partial charge in [0.15, 0.2) is 0 Å². The molecule has 1 heterocycles. The Kier molecular flexibility index (Phi) is 7.93. The summed E-state index contributed by atoms with van der Waals surface area (Å²) < 4.78 is 32.5. The Morgan fingerprint density at radius 3 is 2.23 bits per heavy atom. The highest BCUT2D eigenvalue weighted by atomic mass is 32.2. The molecule has 0 aromatic heterocycles. The van der Waals surface area contributed by atoms with E-state index in [4.69, 9.17) is 4.74 Å². The summed E-state index contributed by atoms with van der Waals surface area (Å²) in [5.41, 5.74) is 0.877. The molecule has 3 atom stereocenters. The van der Waals surface area contributed by atoms with E-state index in [2.05, 4.69) is 5.32 Å². The maximum Gasteiger partial charge on any atom is 0.238 e. The van der Waals surface area contributed by atoms with Gasteiger partial charge >= 0.3 is 0 Å². The monoisotopic (exact) mass is 448 g/mol. The van der Waals surface area contributed by atoms with Crippen LogP contribution in [-0.4, -0.2) is 56.2 Å². The molecule has 0 unspecified atom stereocenters. The second kappa shape index (κ2) is 10.4. The summed E-state index contributed by atoms with van der Waals surface area (Å²) >= 11 is 1.45. The van der Waals surface area contributed by atoms with Crippen LogP contribution in [0.2, 0.25) is 0 Å². The molecule has 0 radical (unpaired) electrons. The largest absolute Gasteiger partial charge is 0.373 e. The van der Waals surface area contributed by atoms with Gasteiger partial charge in [0.05, 0.1) is 18.0 Å². The molecular weight excluding hydrogens is 420 g/mol. The highest BCUT2D eigenvalue weighted by Gasteiger charge is 2.31. The van der Waals surface area contributed by atoms with Gasteiger partial charge in [-0.1, -0.05) is 48.5 Å². The number of ether oxygens (including phenoxy) is 1. The standard InChI is InChI=1S/C22H28N2O4S2/c1-17-15-24(16-18(2)28-17)30(26,27)14-13-23-22(25)21(19-9-5-3-6-10-19)29-20-11-7-4-8-12-20/h3-12,17-18,21H,13-16H2,1-2H3,(H,23,25)/t17-,18-,21+/m1/s1. The van der Waals surface area contributed by atoms with Crippen LogP contribution in [0.4, 0.5) is 0 Å². The molecule has 6 nitrogen and oxygen atoms in total. The number of hydrogen-bond donors (Lipinski definition) is 1. The summed E-state index contributed by atoms with van der Waals surface area (Å²) in [5.74, 6) is -0.329. The number of amides is 1. The van der Waals surface area contributed by atoms with E-state index in [0.29, 0.717) is 13.1 Å². The Hall–Kier alpha value is -1.87. The van der Waals surface area contributed by atoms with Crippen molar-refractivity contribution in [3.05, 3.63) is 66.2 Å². The predicted octanol–water partition coefficient (Wildman–Crippen LogP) is 3.08. The third-order valence-corrected chi connectivity index (χ3v) is 7.85. The molecule has 162 valence electrons. The number of nitrogens with one attached hydrogen (secondary N) is 1. The summed E-state index contributed by atoms with van der Waals surface area (Å²) in [4.78, 5) is 13.9. The maximum atomic E-state index is 13.0. The number of benzene rings is 2. The van der Waals surface area contributed by atoms with Crippen molar-refractivity contribution in [2.24, 2.45) is 0 Å². The fourth-order valence-corrected chi connectivity index (χ4v) is 5.98. The summed E-state index contributed by atoms with van der Waals surface area (Å²) in [5, 5.41) is 2.36. The van der Waals surface area contributed by atoms with Crippen molar-refractivity contribution in [3.63, 3.8) is 0 Å². The van der Waals surface area contributed by atoms with Crippen LogP contribution in [0.1, 0.15) is 24.7 Å². The Bertz CT molecular complexity index is 913. The van der Waals surface area contributed by atoms with Gasteiger partial charge in [-0.05, 0) is 31.5 Å². The van der Waals surface area contributed by atoms with Crippen LogP contribution >= 0.6 is 11.8 Å². The van der Waals surface area contributed by atoms with E-state index >= 15 is 0 Å². The second-order valence-corrected chi connectivity index (χ2v) is 10.7. The molecule has 0 bridgehead atoms. The lowest BCUT2D eigenvalue weighted by Crippen LogP contribution is -2.49. The van der Waals surface area contributed by atoms with E-state index in [1.807, 2.05) is 74.5 Å². The highest BCUT2D eigenvalue weighted by molar-refractivity contribution is 8.00. The number of carbonyl (C=O) groups excluding carboxylic acids is 1. The number of hydrogen-bond acceptors (Lipinski definition) is 5. The van der Waals surface area contributed by atoms with Gasteiger partial charge in [-0.25, -0.2) is 8.42 Å². The molecule has 3 rings (SSSR count). The Morgan fingerprint density at radius 2 is 1.63 bits per heavy atom. The van der Waals surface area contributed by atoms with E-state index in [0.717, 1.165) is 10.5 Å². The first-order valence-corrected chi connectivity index (χ1v) is 12.5. The van der Waals surface area contributed by atoms with E-state index in [1.54, 1.807) is 0 Å². The van der Waals surface area contributed by atoms with Crippen LogP contribution in [0, 0.1) is 0 Å². The van der Waals surface area contributed by atoms with Crippen LogP contribution in [0.3, 0.4) is 0 Å². The fraction of sp³-hybridized carbons (Fsp3) is 0.409. The van der Waals surface area contributed by atoms with Crippen molar-refractivity contribution in [2.45, 2.75) is 36.2 Å². The third-order valence-electron chi connectivity index (χ3n) is 4.78. The minimum atomic E-state index is -3.46. The average Bonchev–Trinajstić information content (AvgIpc) is 2.72. The molecule has 1 aliphatic rings. The SMILES string of the molecule is C[C@@H]1CN(S(=O)(=O)CCNC(=O)[C@@H](Sc2ccccc2)c2ccccc2)C[C@@H](C)O1. The maximum absolute atomic E-state index is 13.0. The predicted molar refractivity (Wildman–Crippen MR) is 120 cm³/mol. The Balaban J connectivity index is 1.63. The summed E-state index contributed by atoms with van der Waals surface area (Å²) in [7, 11) is -3.46. The van der Waals surface area contributed by atoms with Crippen molar-refractivity contribution in [3.8, 4) is 0 Å². The normalized spacial score (nSPS) is 21.1. The lowest BCUT2D eigenvalue weighted by Gasteiger charge is -2.34. The number of morpholine rings is 1. The molecule has 1 fully saturated rings. The van der Waals surface area contributed by atoms with E-state index < -0.39 is 15.3 Å². The van der Waals surface area contributed by atoms with Crippen LogP contribution in [0.25, 0.3) is 0 Å². The Labute approximate surface area is 183 Å². The molecule has 8 heteroatoms. The quantitative estimate of drug-likeness (QED) is 0.628. The van der Waals surface area contributed by atoms with Crippen LogP contribution < -0.4 is 5.32 Å². The lowest BCUT2D eigenvalue weighted by atomic mass is 10.1. The molecule has 2 aromatic rings. The first-order chi connectivity index (χ1) is 14.3. The van der Waals surface area contributed by atoms with E-state index in [-0.39, 0.29) is 30.4 Å². The zero-order valence-corrected chi connectivity index (χ0v) is 18.9. The van der Waals surface area contributed by atoms with Gasteiger partial charge in [0.2, 0.25) is 15.9 Å². The van der Waals surface area contributed by atoms with Gasteiger partial charge in [-0.15, -0.1) is 11.8 Å². The Morgan fingerprint density at radius 1 is 1.07 bits per heavy atom. The first kappa shape index (κ1) is 22.8. The molecule has 1 amide bonds. The third kappa shape index (κ3) is 6.31. The van der Waals surface area contributed by atoms with Crippen molar-refractivity contribution < 1.29 is 17.9 Å². The zero-order valence-electron chi connectivity index (χ0n) is 17.2. The number of rotatable bonds is 8.